The summed E-state index contributed by atoms with van der Waals surface area (Å²) in [6, 6.07) is 7.13. The summed E-state index contributed by atoms with van der Waals surface area (Å²) in [4.78, 5) is 0. The first-order valence-corrected chi connectivity index (χ1v) is 6.03. The first-order chi connectivity index (χ1) is 8.24. The van der Waals surface area contributed by atoms with Crippen LogP contribution >= 0.6 is 22.9 Å². The Morgan fingerprint density at radius 3 is 2.47 bits per heavy atom. The monoisotopic (exact) mass is 271 g/mol. The molecule has 2 rings (SSSR count). The molecule has 2 N–H and O–H groups in total. The van der Waals surface area contributed by atoms with Crippen LogP contribution < -0.4 is 15.2 Å². The summed E-state index contributed by atoms with van der Waals surface area (Å²) in [7, 11) is 0. The summed E-state index contributed by atoms with van der Waals surface area (Å²) < 4.78 is 10.7. The highest BCUT2D eigenvalue weighted by molar-refractivity contribution is 7.16. The van der Waals surface area contributed by atoms with Gasteiger partial charge in [0, 0.05) is 5.02 Å². The zero-order valence-electron chi connectivity index (χ0n) is 8.80. The van der Waals surface area contributed by atoms with Crippen LogP contribution in [0, 0.1) is 0 Å². The molecule has 17 heavy (non-hydrogen) atoms. The molecule has 0 radical (unpaired) electrons. The molecule has 0 unspecified atom stereocenters. The van der Waals surface area contributed by atoms with Crippen LogP contribution in [0.5, 0.6) is 10.9 Å². The third-order valence-electron chi connectivity index (χ3n) is 1.81. The molecule has 5 nitrogen and oxygen atoms in total. The Kier molecular flexibility index (Phi) is 4.00. The van der Waals surface area contributed by atoms with Gasteiger partial charge in [0.15, 0.2) is 0 Å². The molecule has 1 aromatic carbocycles. The number of benzene rings is 1. The van der Waals surface area contributed by atoms with Gasteiger partial charge in [0.25, 0.3) is 5.19 Å². The number of halogens is 1. The van der Waals surface area contributed by atoms with Gasteiger partial charge in [0.2, 0.25) is 5.13 Å². The maximum Gasteiger partial charge on any atom is 0.295 e. The summed E-state index contributed by atoms with van der Waals surface area (Å²) >= 11 is 6.95. The Morgan fingerprint density at radius 2 is 1.82 bits per heavy atom. The molecule has 90 valence electrons. The van der Waals surface area contributed by atoms with Gasteiger partial charge < -0.3 is 15.2 Å². The Bertz CT molecular complexity index is 475. The zero-order chi connectivity index (χ0) is 12.1. The number of nitrogens with two attached hydrogens (primary N) is 1. The molecule has 1 aromatic heterocycles. The number of hydrogen-bond acceptors (Lipinski definition) is 6. The lowest BCUT2D eigenvalue weighted by atomic mass is 10.3. The van der Waals surface area contributed by atoms with Crippen molar-refractivity contribution in [1.82, 2.24) is 10.2 Å². The highest BCUT2D eigenvalue weighted by Crippen LogP contribution is 2.19. The van der Waals surface area contributed by atoms with Gasteiger partial charge in [0.1, 0.15) is 19.0 Å². The van der Waals surface area contributed by atoms with Gasteiger partial charge in [-0.05, 0) is 35.6 Å². The van der Waals surface area contributed by atoms with Crippen molar-refractivity contribution in [2.75, 3.05) is 18.9 Å². The van der Waals surface area contributed by atoms with Crippen LogP contribution in [-0.4, -0.2) is 23.4 Å². The van der Waals surface area contributed by atoms with Gasteiger partial charge in [-0.3, -0.25) is 0 Å². The number of rotatable bonds is 5. The minimum Gasteiger partial charge on any atom is -0.490 e. The standard InChI is InChI=1S/C10H10ClN3O2S/c11-7-1-3-8(4-2-7)15-5-6-16-10-14-13-9(12)17-10/h1-4H,5-6H2,(H2,12,13). The van der Waals surface area contributed by atoms with Crippen molar-refractivity contribution >= 4 is 28.1 Å². The van der Waals surface area contributed by atoms with Crippen molar-refractivity contribution in [3.8, 4) is 10.9 Å². The predicted molar refractivity (Wildman–Crippen MR) is 66.8 cm³/mol. The minimum absolute atomic E-state index is 0.386. The molecule has 0 bridgehead atoms. The fourth-order valence-electron chi connectivity index (χ4n) is 1.10. The van der Waals surface area contributed by atoms with Gasteiger partial charge >= 0.3 is 0 Å². The zero-order valence-corrected chi connectivity index (χ0v) is 10.4. The van der Waals surface area contributed by atoms with Crippen molar-refractivity contribution in [3.63, 3.8) is 0 Å². The molecule has 0 aliphatic rings. The fraction of sp³-hybridized carbons (Fsp3) is 0.200. The number of hydrogen-bond donors (Lipinski definition) is 1. The second kappa shape index (κ2) is 5.70. The topological polar surface area (TPSA) is 70.3 Å². The Morgan fingerprint density at radius 1 is 1.12 bits per heavy atom. The summed E-state index contributed by atoms with van der Waals surface area (Å²) in [6.45, 7) is 0.804. The predicted octanol–water partition coefficient (Wildman–Crippen LogP) is 2.23. The van der Waals surface area contributed by atoms with E-state index >= 15 is 0 Å². The molecule has 2 aromatic rings. The van der Waals surface area contributed by atoms with Gasteiger partial charge in [-0.25, -0.2) is 0 Å². The maximum absolute atomic E-state index is 5.75. The third kappa shape index (κ3) is 3.76. The normalized spacial score (nSPS) is 10.2. The number of nitrogen functional groups attached to an aromatic ring is 1. The second-order valence-corrected chi connectivity index (χ2v) is 4.47. The molecule has 0 saturated heterocycles. The van der Waals surface area contributed by atoms with Crippen LogP contribution in [-0.2, 0) is 0 Å². The van der Waals surface area contributed by atoms with Crippen molar-refractivity contribution in [2.24, 2.45) is 0 Å². The number of aromatic nitrogens is 2. The minimum atomic E-state index is 0.386. The second-order valence-electron chi connectivity index (χ2n) is 3.06. The first-order valence-electron chi connectivity index (χ1n) is 4.84. The molecule has 0 atom stereocenters. The van der Waals surface area contributed by atoms with E-state index in [2.05, 4.69) is 10.2 Å². The van der Waals surface area contributed by atoms with Crippen molar-refractivity contribution in [1.29, 1.82) is 0 Å². The molecule has 0 saturated carbocycles. The molecule has 0 spiro atoms. The van der Waals surface area contributed by atoms with Crippen molar-refractivity contribution < 1.29 is 9.47 Å². The molecule has 7 heteroatoms. The van der Waals surface area contributed by atoms with E-state index in [0.717, 1.165) is 5.75 Å². The average molecular weight is 272 g/mol. The van der Waals surface area contributed by atoms with Crippen LogP contribution in [0.4, 0.5) is 5.13 Å². The molecule has 0 aliphatic carbocycles. The maximum atomic E-state index is 5.75. The SMILES string of the molecule is Nc1nnc(OCCOc2ccc(Cl)cc2)s1. The van der Waals surface area contributed by atoms with Crippen LogP contribution in [0.2, 0.25) is 5.02 Å². The quantitative estimate of drug-likeness (QED) is 0.845. The van der Waals surface area contributed by atoms with Gasteiger partial charge in [-0.1, -0.05) is 16.7 Å². The summed E-state index contributed by atoms with van der Waals surface area (Å²) in [6.07, 6.45) is 0. The number of anilines is 1. The number of ether oxygens (including phenoxy) is 2. The van der Waals surface area contributed by atoms with Gasteiger partial charge in [0.05, 0.1) is 0 Å². The van der Waals surface area contributed by atoms with E-state index < -0.39 is 0 Å². The van der Waals surface area contributed by atoms with E-state index in [9.17, 15) is 0 Å². The van der Waals surface area contributed by atoms with E-state index in [1.54, 1.807) is 24.3 Å². The van der Waals surface area contributed by atoms with E-state index in [1.807, 2.05) is 0 Å². The molecule has 0 fully saturated rings. The lowest BCUT2D eigenvalue weighted by molar-refractivity contribution is 0.215. The van der Waals surface area contributed by atoms with Gasteiger partial charge in [-0.15, -0.1) is 5.10 Å². The Labute approximate surface area is 107 Å². The molecule has 1 heterocycles. The van der Waals surface area contributed by atoms with Crippen LogP contribution in [0.15, 0.2) is 24.3 Å². The van der Waals surface area contributed by atoms with E-state index in [1.165, 1.54) is 11.3 Å². The van der Waals surface area contributed by atoms with E-state index in [4.69, 9.17) is 26.8 Å². The smallest absolute Gasteiger partial charge is 0.295 e. The summed E-state index contributed by atoms with van der Waals surface area (Å²) in [5.74, 6) is 0.745. The fourth-order valence-corrected chi connectivity index (χ4v) is 1.71. The average Bonchev–Trinajstić information content (AvgIpc) is 2.73. The molecule has 0 aliphatic heterocycles. The lowest BCUT2D eigenvalue weighted by Crippen LogP contribution is -2.08. The Balaban J connectivity index is 1.71. The van der Waals surface area contributed by atoms with Crippen LogP contribution in [0.1, 0.15) is 0 Å². The molecular formula is C10H10ClN3O2S. The number of nitrogens with zero attached hydrogens (tertiary/aromatic N) is 2. The van der Waals surface area contributed by atoms with E-state index in [0.29, 0.717) is 28.6 Å². The van der Waals surface area contributed by atoms with Crippen LogP contribution in [0.25, 0.3) is 0 Å². The lowest BCUT2D eigenvalue weighted by Gasteiger charge is -2.05. The van der Waals surface area contributed by atoms with Crippen molar-refractivity contribution in [2.45, 2.75) is 0 Å². The highest BCUT2D eigenvalue weighted by atomic mass is 35.5. The molecular weight excluding hydrogens is 262 g/mol. The van der Waals surface area contributed by atoms with Crippen LogP contribution in [0.3, 0.4) is 0 Å². The summed E-state index contributed by atoms with van der Waals surface area (Å²) in [5, 5.41) is 8.86. The van der Waals surface area contributed by atoms with Crippen molar-refractivity contribution in [3.05, 3.63) is 29.3 Å². The largest absolute Gasteiger partial charge is 0.490 e. The third-order valence-corrected chi connectivity index (χ3v) is 2.73. The Hall–Kier alpha value is -1.53. The molecule has 0 amide bonds. The summed E-state index contributed by atoms with van der Waals surface area (Å²) in [5.41, 5.74) is 5.41. The van der Waals surface area contributed by atoms with E-state index in [-0.39, 0.29) is 0 Å². The highest BCUT2D eigenvalue weighted by Gasteiger charge is 2.01. The van der Waals surface area contributed by atoms with Gasteiger partial charge in [-0.2, -0.15) is 0 Å². The first kappa shape index (κ1) is 11.9.